The predicted molar refractivity (Wildman–Crippen MR) is 93.8 cm³/mol. The molecule has 6 nitrogen and oxygen atoms in total. The number of carbonyl (C=O) groups is 1. The number of ether oxygens (including phenoxy) is 1. The number of amides is 1. The Bertz CT molecular complexity index is 797. The molecule has 128 valence electrons. The van der Waals surface area contributed by atoms with Gasteiger partial charge in [-0.2, -0.15) is 5.10 Å². The average molecular weight is 337 g/mol. The van der Waals surface area contributed by atoms with Crippen LogP contribution in [-0.4, -0.2) is 33.9 Å². The van der Waals surface area contributed by atoms with E-state index >= 15 is 0 Å². The molecule has 3 rings (SSSR count). The molecule has 0 aliphatic rings. The Morgan fingerprint density at radius 3 is 2.52 bits per heavy atom. The summed E-state index contributed by atoms with van der Waals surface area (Å²) < 4.78 is 7.54. The van der Waals surface area contributed by atoms with Crippen LogP contribution in [0.1, 0.15) is 15.9 Å². The van der Waals surface area contributed by atoms with Crippen LogP contribution in [-0.2, 0) is 6.61 Å². The molecule has 6 heteroatoms. The van der Waals surface area contributed by atoms with E-state index in [0.29, 0.717) is 17.9 Å². The molecule has 0 radical (unpaired) electrons. The highest BCUT2D eigenvalue weighted by molar-refractivity contribution is 5.94. The van der Waals surface area contributed by atoms with Crippen LogP contribution in [0, 0.1) is 0 Å². The van der Waals surface area contributed by atoms with Gasteiger partial charge in [0.15, 0.2) is 0 Å². The van der Waals surface area contributed by atoms with Crippen molar-refractivity contribution in [2.45, 2.75) is 6.61 Å². The molecule has 25 heavy (non-hydrogen) atoms. The van der Waals surface area contributed by atoms with Gasteiger partial charge in [-0.05, 0) is 48.0 Å². The number of nitrogens with zero attached hydrogens (tertiary/aromatic N) is 2. The first kappa shape index (κ1) is 16.7. The Hall–Kier alpha value is -3.12. The average Bonchev–Trinajstić information content (AvgIpc) is 3.20. The zero-order valence-electron chi connectivity index (χ0n) is 13.6. The molecule has 0 fully saturated rings. The molecule has 0 aliphatic carbocycles. The molecule has 2 N–H and O–H groups in total. The summed E-state index contributed by atoms with van der Waals surface area (Å²) in [6.07, 6.45) is 3.63. The van der Waals surface area contributed by atoms with Crippen LogP contribution < -0.4 is 10.1 Å². The van der Waals surface area contributed by atoms with Crippen LogP contribution in [0.2, 0.25) is 0 Å². The number of carbonyl (C=O) groups excluding carboxylic acids is 1. The number of hydrogen-bond donors (Lipinski definition) is 2. The second-order valence-electron chi connectivity index (χ2n) is 5.41. The number of aromatic nitrogens is 2. The molecule has 2 aromatic carbocycles. The Morgan fingerprint density at radius 2 is 1.88 bits per heavy atom. The first-order chi connectivity index (χ1) is 12.3. The van der Waals surface area contributed by atoms with Gasteiger partial charge in [0, 0.05) is 24.5 Å². The summed E-state index contributed by atoms with van der Waals surface area (Å²) in [4.78, 5) is 11.8. The Kier molecular flexibility index (Phi) is 5.43. The van der Waals surface area contributed by atoms with Crippen LogP contribution in [0.4, 0.5) is 0 Å². The van der Waals surface area contributed by atoms with E-state index in [9.17, 15) is 4.79 Å². The topological polar surface area (TPSA) is 76.4 Å². The van der Waals surface area contributed by atoms with Crippen molar-refractivity contribution < 1.29 is 14.6 Å². The van der Waals surface area contributed by atoms with E-state index in [0.717, 1.165) is 11.3 Å². The molecule has 1 heterocycles. The smallest absolute Gasteiger partial charge is 0.251 e. The van der Waals surface area contributed by atoms with Crippen LogP contribution >= 0.6 is 0 Å². The van der Waals surface area contributed by atoms with Crippen LogP contribution in [0.5, 0.6) is 5.75 Å². The zero-order valence-corrected chi connectivity index (χ0v) is 13.6. The maximum atomic E-state index is 11.8. The number of nitrogens with one attached hydrogen (secondary N) is 1. The van der Waals surface area contributed by atoms with E-state index in [1.165, 1.54) is 0 Å². The van der Waals surface area contributed by atoms with Gasteiger partial charge in [-0.15, -0.1) is 0 Å². The lowest BCUT2D eigenvalue weighted by Gasteiger charge is -2.08. The number of hydrogen-bond acceptors (Lipinski definition) is 4. The first-order valence-electron chi connectivity index (χ1n) is 7.97. The molecule has 0 bridgehead atoms. The number of rotatable bonds is 7. The van der Waals surface area contributed by atoms with Crippen molar-refractivity contribution >= 4 is 5.91 Å². The lowest BCUT2D eigenvalue weighted by Crippen LogP contribution is -2.26. The minimum absolute atomic E-state index is 0.0773. The third-order valence-electron chi connectivity index (χ3n) is 3.62. The fraction of sp³-hybridized carbons (Fsp3) is 0.158. The molecule has 0 atom stereocenters. The Labute approximate surface area is 145 Å². The highest BCUT2D eigenvalue weighted by Gasteiger charge is 2.05. The van der Waals surface area contributed by atoms with E-state index in [2.05, 4.69) is 10.4 Å². The van der Waals surface area contributed by atoms with Gasteiger partial charge in [0.25, 0.3) is 5.91 Å². The van der Waals surface area contributed by atoms with E-state index in [4.69, 9.17) is 9.84 Å². The summed E-state index contributed by atoms with van der Waals surface area (Å²) >= 11 is 0. The number of aliphatic hydroxyl groups excluding tert-OH is 1. The second kappa shape index (κ2) is 8.12. The van der Waals surface area contributed by atoms with Gasteiger partial charge in [-0.1, -0.05) is 12.1 Å². The molecule has 0 saturated heterocycles. The summed E-state index contributed by atoms with van der Waals surface area (Å²) in [5.74, 6) is 0.477. The fourth-order valence-corrected chi connectivity index (χ4v) is 2.31. The highest BCUT2D eigenvalue weighted by Crippen LogP contribution is 2.15. The monoisotopic (exact) mass is 337 g/mol. The van der Waals surface area contributed by atoms with Gasteiger partial charge in [-0.25, -0.2) is 4.68 Å². The molecule has 3 aromatic rings. The maximum Gasteiger partial charge on any atom is 0.251 e. The van der Waals surface area contributed by atoms with Crippen LogP contribution in [0.25, 0.3) is 5.69 Å². The van der Waals surface area contributed by atoms with Gasteiger partial charge in [0.05, 0.1) is 12.3 Å². The first-order valence-corrected chi connectivity index (χ1v) is 7.97. The predicted octanol–water partition coefficient (Wildman–Crippen LogP) is 2.17. The summed E-state index contributed by atoms with van der Waals surface area (Å²) in [5, 5.41) is 15.5. The maximum absolute atomic E-state index is 11.8. The van der Waals surface area contributed by atoms with E-state index in [1.807, 2.05) is 36.5 Å². The van der Waals surface area contributed by atoms with Crippen molar-refractivity contribution in [3.05, 3.63) is 78.1 Å². The van der Waals surface area contributed by atoms with E-state index in [-0.39, 0.29) is 19.1 Å². The summed E-state index contributed by atoms with van der Waals surface area (Å²) in [5.41, 5.74) is 2.57. The fourth-order valence-electron chi connectivity index (χ4n) is 2.31. The van der Waals surface area contributed by atoms with Crippen molar-refractivity contribution in [2.75, 3.05) is 13.2 Å². The molecule has 1 aromatic heterocycles. The van der Waals surface area contributed by atoms with Gasteiger partial charge >= 0.3 is 0 Å². The number of aliphatic hydroxyl groups is 1. The molecule has 1 amide bonds. The van der Waals surface area contributed by atoms with Gasteiger partial charge in [0.1, 0.15) is 12.4 Å². The van der Waals surface area contributed by atoms with Crippen LogP contribution in [0.15, 0.2) is 67.0 Å². The third-order valence-corrected chi connectivity index (χ3v) is 3.62. The van der Waals surface area contributed by atoms with Gasteiger partial charge < -0.3 is 15.2 Å². The summed E-state index contributed by atoms with van der Waals surface area (Å²) in [7, 11) is 0. The summed E-state index contributed by atoms with van der Waals surface area (Å²) in [6, 6.07) is 16.7. The molecular weight excluding hydrogens is 318 g/mol. The lowest BCUT2D eigenvalue weighted by atomic mass is 10.2. The zero-order chi connectivity index (χ0) is 17.5. The van der Waals surface area contributed by atoms with Crippen LogP contribution in [0.3, 0.4) is 0 Å². The van der Waals surface area contributed by atoms with Crippen molar-refractivity contribution in [1.82, 2.24) is 15.1 Å². The quantitative estimate of drug-likeness (QED) is 0.693. The minimum Gasteiger partial charge on any atom is -0.489 e. The lowest BCUT2D eigenvalue weighted by molar-refractivity contribution is 0.0944. The van der Waals surface area contributed by atoms with Crippen molar-refractivity contribution in [1.29, 1.82) is 0 Å². The molecule has 0 aliphatic heterocycles. The van der Waals surface area contributed by atoms with Crippen molar-refractivity contribution in [2.24, 2.45) is 0 Å². The van der Waals surface area contributed by atoms with E-state index < -0.39 is 0 Å². The molecule has 0 spiro atoms. The van der Waals surface area contributed by atoms with Gasteiger partial charge in [-0.3, -0.25) is 4.79 Å². The second-order valence-corrected chi connectivity index (χ2v) is 5.41. The highest BCUT2D eigenvalue weighted by atomic mass is 16.5. The third kappa shape index (κ3) is 4.45. The largest absolute Gasteiger partial charge is 0.489 e. The molecule has 0 saturated carbocycles. The SMILES string of the molecule is O=C(NCCO)c1ccc(OCc2ccc(-n3cccn3)cc2)cc1. The molecular formula is C19H19N3O3. The van der Waals surface area contributed by atoms with Crippen molar-refractivity contribution in [3.63, 3.8) is 0 Å². The Morgan fingerprint density at radius 1 is 1.12 bits per heavy atom. The standard InChI is InChI=1S/C19H19N3O3/c23-13-11-20-19(24)16-4-8-18(9-5-16)25-14-15-2-6-17(7-3-15)22-12-1-10-21-22/h1-10,12,23H,11,13-14H2,(H,20,24). The summed E-state index contributed by atoms with van der Waals surface area (Å²) in [6.45, 7) is 0.604. The Balaban J connectivity index is 1.55. The minimum atomic E-state index is -0.213. The normalized spacial score (nSPS) is 10.4. The van der Waals surface area contributed by atoms with Crippen molar-refractivity contribution in [3.8, 4) is 11.4 Å². The number of benzene rings is 2. The van der Waals surface area contributed by atoms with Gasteiger partial charge in [0.2, 0.25) is 0 Å². The van der Waals surface area contributed by atoms with E-state index in [1.54, 1.807) is 35.1 Å². The molecule has 0 unspecified atom stereocenters.